The standard InChI is InChI=1S/C15H18BrFN2O/c1-10(11-3-4-11)19(7-8-20-2)13-6-5-12(9-18)14(16)15(13)17/h5-6,10-11H,3-4,7-8H2,1-2H3. The minimum Gasteiger partial charge on any atom is -0.383 e. The van der Waals surface area contributed by atoms with Gasteiger partial charge >= 0.3 is 0 Å². The molecule has 0 radical (unpaired) electrons. The zero-order valence-electron chi connectivity index (χ0n) is 11.7. The Morgan fingerprint density at radius 1 is 1.55 bits per heavy atom. The van der Waals surface area contributed by atoms with Crippen molar-refractivity contribution in [1.82, 2.24) is 0 Å². The molecule has 0 bridgehead atoms. The first-order valence-electron chi connectivity index (χ1n) is 6.73. The number of benzene rings is 1. The fourth-order valence-electron chi connectivity index (χ4n) is 2.41. The number of anilines is 1. The van der Waals surface area contributed by atoms with Gasteiger partial charge in [0.25, 0.3) is 0 Å². The van der Waals surface area contributed by atoms with E-state index in [2.05, 4.69) is 22.9 Å². The molecule has 0 spiro atoms. The van der Waals surface area contributed by atoms with Crippen molar-refractivity contribution in [3.8, 4) is 6.07 Å². The first kappa shape index (κ1) is 15.3. The number of nitrogens with zero attached hydrogens (tertiary/aromatic N) is 2. The van der Waals surface area contributed by atoms with Gasteiger partial charge < -0.3 is 9.64 Å². The van der Waals surface area contributed by atoms with E-state index in [0.29, 0.717) is 30.3 Å². The average molecular weight is 341 g/mol. The van der Waals surface area contributed by atoms with Crippen LogP contribution in [0.25, 0.3) is 0 Å². The molecular weight excluding hydrogens is 323 g/mol. The number of nitriles is 1. The van der Waals surface area contributed by atoms with Crippen LogP contribution in [0.5, 0.6) is 0 Å². The van der Waals surface area contributed by atoms with E-state index < -0.39 is 0 Å². The molecule has 1 fully saturated rings. The molecule has 1 unspecified atom stereocenters. The molecule has 1 aromatic carbocycles. The maximum absolute atomic E-state index is 14.5. The monoisotopic (exact) mass is 340 g/mol. The van der Waals surface area contributed by atoms with Crippen molar-refractivity contribution >= 4 is 21.6 Å². The van der Waals surface area contributed by atoms with Gasteiger partial charge in [0.1, 0.15) is 6.07 Å². The molecule has 1 aromatic rings. The highest BCUT2D eigenvalue weighted by Gasteiger charge is 2.33. The second kappa shape index (κ2) is 6.55. The van der Waals surface area contributed by atoms with E-state index in [4.69, 9.17) is 10.00 Å². The van der Waals surface area contributed by atoms with E-state index in [1.807, 2.05) is 11.0 Å². The van der Waals surface area contributed by atoms with Crippen LogP contribution < -0.4 is 4.90 Å². The Balaban J connectivity index is 2.32. The molecule has 2 rings (SSSR count). The predicted molar refractivity (Wildman–Crippen MR) is 80.2 cm³/mol. The summed E-state index contributed by atoms with van der Waals surface area (Å²) in [5.74, 6) is 0.258. The molecule has 1 aliphatic carbocycles. The lowest BCUT2D eigenvalue weighted by atomic mass is 10.1. The molecular formula is C15H18BrFN2O. The first-order valence-corrected chi connectivity index (χ1v) is 7.53. The number of halogens is 2. The third kappa shape index (κ3) is 3.13. The van der Waals surface area contributed by atoms with Crippen LogP contribution in [0.3, 0.4) is 0 Å². The summed E-state index contributed by atoms with van der Waals surface area (Å²) in [7, 11) is 1.64. The molecule has 0 aromatic heterocycles. The second-order valence-corrected chi connectivity index (χ2v) is 5.93. The maximum Gasteiger partial charge on any atom is 0.161 e. The van der Waals surface area contributed by atoms with E-state index in [0.717, 1.165) is 0 Å². The quantitative estimate of drug-likeness (QED) is 0.791. The fourth-order valence-corrected chi connectivity index (χ4v) is 2.84. The van der Waals surface area contributed by atoms with Crippen molar-refractivity contribution in [1.29, 1.82) is 5.26 Å². The molecule has 0 amide bonds. The molecule has 0 heterocycles. The van der Waals surface area contributed by atoms with E-state index >= 15 is 0 Å². The van der Waals surface area contributed by atoms with Crippen molar-refractivity contribution in [2.75, 3.05) is 25.2 Å². The van der Waals surface area contributed by atoms with Gasteiger partial charge in [-0.25, -0.2) is 4.39 Å². The van der Waals surface area contributed by atoms with Crippen LogP contribution in [-0.4, -0.2) is 26.3 Å². The third-order valence-electron chi connectivity index (χ3n) is 3.82. The van der Waals surface area contributed by atoms with Gasteiger partial charge in [-0.15, -0.1) is 0 Å². The van der Waals surface area contributed by atoms with Crippen LogP contribution >= 0.6 is 15.9 Å². The van der Waals surface area contributed by atoms with E-state index in [1.54, 1.807) is 19.2 Å². The second-order valence-electron chi connectivity index (χ2n) is 5.14. The van der Waals surface area contributed by atoms with Crippen LogP contribution in [0.1, 0.15) is 25.3 Å². The van der Waals surface area contributed by atoms with Gasteiger partial charge in [0.2, 0.25) is 0 Å². The lowest BCUT2D eigenvalue weighted by molar-refractivity contribution is 0.202. The Kier molecular flexibility index (Phi) is 5.00. The lowest BCUT2D eigenvalue weighted by Crippen LogP contribution is -2.38. The van der Waals surface area contributed by atoms with Gasteiger partial charge in [0.05, 0.1) is 22.3 Å². The summed E-state index contributed by atoms with van der Waals surface area (Å²) < 4.78 is 19.9. The van der Waals surface area contributed by atoms with Gasteiger partial charge in [-0.2, -0.15) is 5.26 Å². The van der Waals surface area contributed by atoms with Gasteiger partial charge in [0, 0.05) is 19.7 Å². The predicted octanol–water partition coefficient (Wildman–Crippen LogP) is 3.71. The Hall–Kier alpha value is -1.12. The highest BCUT2D eigenvalue weighted by atomic mass is 79.9. The number of hydrogen-bond acceptors (Lipinski definition) is 3. The molecule has 1 aliphatic rings. The summed E-state index contributed by atoms with van der Waals surface area (Å²) in [6, 6.07) is 5.60. The van der Waals surface area contributed by atoms with Gasteiger partial charge in [0.15, 0.2) is 5.82 Å². The van der Waals surface area contributed by atoms with Crippen LogP contribution in [0, 0.1) is 23.1 Å². The lowest BCUT2D eigenvalue weighted by Gasteiger charge is -2.32. The summed E-state index contributed by atoms with van der Waals surface area (Å²) in [6.45, 7) is 3.32. The first-order chi connectivity index (χ1) is 9.60. The Labute approximate surface area is 127 Å². The van der Waals surface area contributed by atoms with E-state index in [1.165, 1.54) is 12.8 Å². The normalized spacial score (nSPS) is 15.8. The van der Waals surface area contributed by atoms with E-state index in [-0.39, 0.29) is 16.3 Å². The zero-order valence-corrected chi connectivity index (χ0v) is 13.3. The largest absolute Gasteiger partial charge is 0.383 e. The summed E-state index contributed by atoms with van der Waals surface area (Å²) in [5, 5.41) is 8.94. The Morgan fingerprint density at radius 2 is 2.25 bits per heavy atom. The number of methoxy groups -OCH3 is 1. The molecule has 20 heavy (non-hydrogen) atoms. The molecule has 0 N–H and O–H groups in total. The van der Waals surface area contributed by atoms with Gasteiger partial charge in [-0.3, -0.25) is 0 Å². The topological polar surface area (TPSA) is 36.3 Å². The van der Waals surface area contributed by atoms with Crippen molar-refractivity contribution in [2.45, 2.75) is 25.8 Å². The van der Waals surface area contributed by atoms with Crippen molar-refractivity contribution in [3.63, 3.8) is 0 Å². The van der Waals surface area contributed by atoms with Crippen molar-refractivity contribution < 1.29 is 9.13 Å². The number of hydrogen-bond donors (Lipinski definition) is 0. The highest BCUT2D eigenvalue weighted by molar-refractivity contribution is 9.10. The molecule has 0 saturated heterocycles. The molecule has 5 heteroatoms. The van der Waals surface area contributed by atoms with E-state index in [9.17, 15) is 4.39 Å². The molecule has 1 saturated carbocycles. The van der Waals surface area contributed by atoms with Crippen LogP contribution in [0.2, 0.25) is 0 Å². The molecule has 1 atom stereocenters. The summed E-state index contributed by atoms with van der Waals surface area (Å²) >= 11 is 3.17. The summed E-state index contributed by atoms with van der Waals surface area (Å²) in [4.78, 5) is 2.04. The third-order valence-corrected chi connectivity index (χ3v) is 4.60. The van der Waals surface area contributed by atoms with Crippen LogP contribution in [0.15, 0.2) is 16.6 Å². The number of ether oxygens (including phenoxy) is 1. The van der Waals surface area contributed by atoms with Crippen molar-refractivity contribution in [2.24, 2.45) is 5.92 Å². The smallest absolute Gasteiger partial charge is 0.161 e. The Morgan fingerprint density at radius 3 is 2.80 bits per heavy atom. The number of rotatable bonds is 6. The summed E-state index contributed by atoms with van der Waals surface area (Å²) in [5.41, 5.74) is 0.851. The molecule has 0 aliphatic heterocycles. The van der Waals surface area contributed by atoms with Crippen LogP contribution in [0.4, 0.5) is 10.1 Å². The molecule has 108 valence electrons. The SMILES string of the molecule is COCCN(c1ccc(C#N)c(Br)c1F)C(C)C1CC1. The molecule has 3 nitrogen and oxygen atoms in total. The summed E-state index contributed by atoms with van der Waals surface area (Å²) in [6.07, 6.45) is 2.40. The fraction of sp³-hybridized carbons (Fsp3) is 0.533. The Bertz CT molecular complexity index is 525. The zero-order chi connectivity index (χ0) is 14.7. The minimum atomic E-state index is -0.368. The van der Waals surface area contributed by atoms with Gasteiger partial charge in [-0.05, 0) is 53.7 Å². The van der Waals surface area contributed by atoms with Crippen LogP contribution in [-0.2, 0) is 4.74 Å². The van der Waals surface area contributed by atoms with Gasteiger partial charge in [-0.1, -0.05) is 0 Å². The van der Waals surface area contributed by atoms with Crippen molar-refractivity contribution in [3.05, 3.63) is 28.0 Å². The average Bonchev–Trinajstić information content (AvgIpc) is 3.28. The minimum absolute atomic E-state index is 0.239. The maximum atomic E-state index is 14.5. The highest BCUT2D eigenvalue weighted by Crippen LogP contribution is 2.38.